The van der Waals surface area contributed by atoms with Crippen LogP contribution in [0.3, 0.4) is 0 Å². The molecule has 0 unspecified atom stereocenters. The zero-order valence-electron chi connectivity index (χ0n) is 35.2. The number of nitrogens with zero attached hydrogens (tertiary/aromatic N) is 7. The fraction of sp³-hybridized carbons (Fsp3) is 0.302. The summed E-state index contributed by atoms with van der Waals surface area (Å²) in [6, 6.07) is 32.6. The predicted molar refractivity (Wildman–Crippen MR) is 229 cm³/mol. The summed E-state index contributed by atoms with van der Waals surface area (Å²) in [5.74, 6) is 2.88. The highest BCUT2D eigenvalue weighted by molar-refractivity contribution is 7.89. The van der Waals surface area contributed by atoms with Crippen molar-refractivity contribution in [1.82, 2.24) is 33.1 Å². The van der Waals surface area contributed by atoms with Gasteiger partial charge in [-0.3, -0.25) is 9.36 Å². The molecule has 0 spiro atoms. The van der Waals surface area contributed by atoms with E-state index in [-0.39, 0.29) is 36.2 Å². The molecule has 60 heavy (non-hydrogen) atoms. The maximum Gasteiger partial charge on any atom is 0.262 e. The topological polar surface area (TPSA) is 151 Å². The summed E-state index contributed by atoms with van der Waals surface area (Å²) in [5.41, 5.74) is 4.24. The Bertz CT molecular complexity index is 2390. The van der Waals surface area contributed by atoms with Crippen molar-refractivity contribution in [2.24, 2.45) is 14.1 Å². The quantitative estimate of drug-likeness (QED) is 0.105. The Hall–Kier alpha value is -5.72. The standard InChI is InChI=1S/C23H30N4O4S.C20H23N3O4S/c1-25(2)17-20-14-23(24-26(20)3)32(28,29)27(15-18-6-10-21(30-4)11-7-18)16-19-8-12-22(31-5)13-9-19;1-22-13-12-20(21-22)28(24,25)23(14-16-4-8-18(26-2)9-5-16)15-17-6-10-19(27-3)11-7-17/h6-14H,15-17H2,1-5H3;4-13H,14-15H2,1-3H3. The minimum Gasteiger partial charge on any atom is -0.497 e. The third-order valence-electron chi connectivity index (χ3n) is 9.40. The van der Waals surface area contributed by atoms with Gasteiger partial charge in [-0.05, 0) is 90.9 Å². The second-order valence-electron chi connectivity index (χ2n) is 14.1. The number of aryl methyl sites for hydroxylation is 2. The molecule has 0 saturated carbocycles. The molecule has 0 N–H and O–H groups in total. The van der Waals surface area contributed by atoms with Gasteiger partial charge < -0.3 is 23.8 Å². The summed E-state index contributed by atoms with van der Waals surface area (Å²) in [4.78, 5) is 1.97. The lowest BCUT2D eigenvalue weighted by molar-refractivity contribution is 0.387. The van der Waals surface area contributed by atoms with E-state index >= 15 is 0 Å². The van der Waals surface area contributed by atoms with Gasteiger partial charge in [-0.15, -0.1) is 0 Å². The van der Waals surface area contributed by atoms with Gasteiger partial charge in [0.25, 0.3) is 20.0 Å². The van der Waals surface area contributed by atoms with E-state index in [2.05, 4.69) is 10.2 Å². The Balaban J connectivity index is 0.000000230. The third-order valence-corrected chi connectivity index (χ3v) is 12.8. The number of ether oxygens (including phenoxy) is 4. The normalized spacial score (nSPS) is 11.7. The molecule has 15 nitrogen and oxygen atoms in total. The molecular weight excluding hydrogens is 807 g/mol. The Morgan fingerprint density at radius 1 is 0.483 bits per heavy atom. The molecule has 0 bridgehead atoms. The molecule has 2 heterocycles. The van der Waals surface area contributed by atoms with Gasteiger partial charge in [-0.2, -0.15) is 18.8 Å². The van der Waals surface area contributed by atoms with Crippen LogP contribution in [-0.4, -0.2) is 92.4 Å². The lowest BCUT2D eigenvalue weighted by atomic mass is 10.2. The van der Waals surface area contributed by atoms with Crippen LogP contribution in [0.25, 0.3) is 0 Å². The van der Waals surface area contributed by atoms with Crippen LogP contribution >= 0.6 is 0 Å². The third kappa shape index (κ3) is 11.9. The van der Waals surface area contributed by atoms with Crippen molar-refractivity contribution in [3.8, 4) is 23.0 Å². The molecule has 17 heteroatoms. The summed E-state index contributed by atoms with van der Waals surface area (Å²) in [5, 5.41) is 8.47. The number of aromatic nitrogens is 4. The average Bonchev–Trinajstić information content (AvgIpc) is 3.86. The molecule has 2 aromatic heterocycles. The summed E-state index contributed by atoms with van der Waals surface area (Å²) < 4.78 is 80.4. The Kier molecular flexibility index (Phi) is 15.5. The Morgan fingerprint density at radius 3 is 1.10 bits per heavy atom. The van der Waals surface area contributed by atoms with Crippen molar-refractivity contribution in [1.29, 1.82) is 0 Å². The minimum atomic E-state index is -3.85. The van der Waals surface area contributed by atoms with Gasteiger partial charge in [0.1, 0.15) is 23.0 Å². The largest absolute Gasteiger partial charge is 0.497 e. The van der Waals surface area contributed by atoms with Crippen molar-refractivity contribution in [2.75, 3.05) is 42.5 Å². The number of sulfonamides is 2. The van der Waals surface area contributed by atoms with Gasteiger partial charge in [0.05, 0.1) is 34.1 Å². The summed E-state index contributed by atoms with van der Waals surface area (Å²) in [6.07, 6.45) is 1.62. The van der Waals surface area contributed by atoms with Crippen molar-refractivity contribution in [2.45, 2.75) is 42.8 Å². The van der Waals surface area contributed by atoms with Gasteiger partial charge in [-0.1, -0.05) is 48.5 Å². The molecule has 0 radical (unpaired) electrons. The molecule has 6 aromatic rings. The monoisotopic (exact) mass is 859 g/mol. The SMILES string of the molecule is COc1ccc(CN(Cc2ccc(OC)cc2)S(=O)(=O)c2cc(CN(C)C)n(C)n2)cc1.COc1ccc(CN(Cc2ccc(OC)cc2)S(=O)(=O)c2ccn(C)n2)cc1. The fourth-order valence-electron chi connectivity index (χ4n) is 6.06. The first kappa shape index (κ1) is 45.4. The molecule has 320 valence electrons. The highest BCUT2D eigenvalue weighted by atomic mass is 32.2. The predicted octanol–water partition coefficient (Wildman–Crippen LogP) is 5.72. The smallest absolute Gasteiger partial charge is 0.262 e. The molecule has 4 aromatic carbocycles. The van der Waals surface area contributed by atoms with Gasteiger partial charge in [0.2, 0.25) is 0 Å². The molecule has 0 atom stereocenters. The van der Waals surface area contributed by atoms with Crippen LogP contribution in [0.15, 0.2) is 125 Å². The van der Waals surface area contributed by atoms with Crippen LogP contribution in [0, 0.1) is 0 Å². The number of hydrogen-bond donors (Lipinski definition) is 0. The zero-order valence-corrected chi connectivity index (χ0v) is 36.9. The number of rotatable bonds is 18. The molecule has 0 fully saturated rings. The van der Waals surface area contributed by atoms with E-state index in [9.17, 15) is 16.8 Å². The molecule has 0 amide bonds. The molecule has 0 aliphatic heterocycles. The molecule has 0 aliphatic carbocycles. The average molecular weight is 860 g/mol. The van der Waals surface area contributed by atoms with Crippen molar-refractivity contribution < 1.29 is 35.8 Å². The van der Waals surface area contributed by atoms with E-state index in [1.807, 2.05) is 116 Å². The van der Waals surface area contributed by atoms with Crippen LogP contribution < -0.4 is 18.9 Å². The van der Waals surface area contributed by atoms with Crippen molar-refractivity contribution in [3.05, 3.63) is 143 Å². The van der Waals surface area contributed by atoms with Crippen LogP contribution in [0.4, 0.5) is 0 Å². The van der Waals surface area contributed by atoms with Gasteiger partial charge in [0.15, 0.2) is 10.1 Å². The van der Waals surface area contributed by atoms with E-state index in [0.717, 1.165) is 50.9 Å². The number of methoxy groups -OCH3 is 4. The number of hydrogen-bond acceptors (Lipinski definition) is 11. The molecule has 0 aliphatic rings. The van der Waals surface area contributed by atoms with Crippen molar-refractivity contribution in [3.63, 3.8) is 0 Å². The summed E-state index contributed by atoms with van der Waals surface area (Å²) in [6.45, 7) is 1.44. The first-order valence-electron chi connectivity index (χ1n) is 18.8. The highest BCUT2D eigenvalue weighted by Crippen LogP contribution is 2.25. The lowest BCUT2D eigenvalue weighted by Gasteiger charge is -2.21. The van der Waals surface area contributed by atoms with Gasteiger partial charge >= 0.3 is 0 Å². The molecular formula is C43H53N7O8S2. The Morgan fingerprint density at radius 2 is 0.817 bits per heavy atom. The van der Waals surface area contributed by atoms with Crippen LogP contribution in [-0.2, 0) is 66.9 Å². The summed E-state index contributed by atoms with van der Waals surface area (Å²) >= 11 is 0. The number of benzene rings is 4. The second kappa shape index (κ2) is 20.5. The fourth-order valence-corrected chi connectivity index (χ4v) is 8.84. The van der Waals surface area contributed by atoms with Gasteiger partial charge in [-0.25, -0.2) is 16.8 Å². The Labute approximate surface area is 353 Å². The first-order chi connectivity index (χ1) is 28.6. The van der Waals surface area contributed by atoms with Gasteiger partial charge in [0, 0.05) is 59.1 Å². The maximum atomic E-state index is 13.6. The van der Waals surface area contributed by atoms with E-state index < -0.39 is 20.0 Å². The lowest BCUT2D eigenvalue weighted by Crippen LogP contribution is -2.30. The van der Waals surface area contributed by atoms with E-state index in [1.165, 1.54) is 19.4 Å². The van der Waals surface area contributed by atoms with E-state index in [0.29, 0.717) is 6.54 Å². The zero-order chi connectivity index (χ0) is 43.5. The van der Waals surface area contributed by atoms with Crippen LogP contribution in [0.5, 0.6) is 23.0 Å². The van der Waals surface area contributed by atoms with Crippen LogP contribution in [0.1, 0.15) is 27.9 Å². The van der Waals surface area contributed by atoms with Crippen LogP contribution in [0.2, 0.25) is 0 Å². The molecule has 0 saturated heterocycles. The first-order valence-corrected chi connectivity index (χ1v) is 21.7. The highest BCUT2D eigenvalue weighted by Gasteiger charge is 2.29. The van der Waals surface area contributed by atoms with E-state index in [1.54, 1.807) is 59.5 Å². The van der Waals surface area contributed by atoms with Crippen molar-refractivity contribution >= 4 is 20.0 Å². The molecule has 6 rings (SSSR count). The maximum absolute atomic E-state index is 13.6. The second-order valence-corrected chi connectivity index (χ2v) is 17.9. The van der Waals surface area contributed by atoms with E-state index in [4.69, 9.17) is 18.9 Å². The summed E-state index contributed by atoms with van der Waals surface area (Å²) in [7, 11) is 6.08. The minimum absolute atomic E-state index is 0.0250.